The number of piperidine rings is 1. The number of unbranched alkanes of at least 4 members (excludes halogenated alkanes) is 2. The van der Waals surface area contributed by atoms with Crippen molar-refractivity contribution in [2.75, 3.05) is 13.1 Å². The summed E-state index contributed by atoms with van der Waals surface area (Å²) in [6, 6.07) is 0. The van der Waals surface area contributed by atoms with Gasteiger partial charge < -0.3 is 5.73 Å². The van der Waals surface area contributed by atoms with E-state index >= 15 is 0 Å². The minimum absolute atomic E-state index is 0.337. The number of likely N-dealkylation sites (tertiary alicyclic amines) is 1. The molecule has 1 saturated heterocycles. The number of rotatable bonds is 4. The molecule has 2 nitrogen and oxygen atoms in total. The van der Waals surface area contributed by atoms with Crippen molar-refractivity contribution in [2.45, 2.75) is 44.7 Å². The first-order valence-electron chi connectivity index (χ1n) is 5.13. The monoisotopic (exact) mass is 169 g/mol. The Morgan fingerprint density at radius 1 is 1.33 bits per heavy atom. The molecule has 71 valence electrons. The average Bonchev–Trinajstić information content (AvgIpc) is 2.09. The predicted molar refractivity (Wildman–Crippen MR) is 52.6 cm³/mol. The molecule has 0 aromatic rings. The first-order chi connectivity index (χ1) is 5.84. The fourth-order valence-electron chi connectivity index (χ4n) is 1.79. The number of nitrogens with zero attached hydrogens (tertiary/aromatic N) is 1. The van der Waals surface area contributed by atoms with Crippen molar-refractivity contribution in [3.8, 4) is 0 Å². The summed E-state index contributed by atoms with van der Waals surface area (Å²) in [6.07, 6.45) is 7.72. The van der Waals surface area contributed by atoms with Gasteiger partial charge in [-0.1, -0.05) is 19.8 Å². The summed E-state index contributed by atoms with van der Waals surface area (Å²) >= 11 is 0. The second-order valence-corrected chi connectivity index (χ2v) is 3.66. The van der Waals surface area contributed by atoms with Crippen LogP contribution in [0.1, 0.15) is 38.5 Å². The van der Waals surface area contributed by atoms with E-state index in [-0.39, 0.29) is 0 Å². The fourth-order valence-corrected chi connectivity index (χ4v) is 1.79. The second-order valence-electron chi connectivity index (χ2n) is 3.66. The van der Waals surface area contributed by atoms with Crippen LogP contribution in [0.15, 0.2) is 0 Å². The molecule has 0 amide bonds. The van der Waals surface area contributed by atoms with Gasteiger partial charge in [0.1, 0.15) is 0 Å². The van der Waals surface area contributed by atoms with Crippen molar-refractivity contribution in [2.24, 2.45) is 5.73 Å². The van der Waals surface area contributed by atoms with E-state index < -0.39 is 0 Å². The highest BCUT2D eigenvalue weighted by molar-refractivity contribution is 4.71. The predicted octanol–water partition coefficient (Wildman–Crippen LogP) is 1.76. The van der Waals surface area contributed by atoms with Crippen molar-refractivity contribution in [1.29, 1.82) is 0 Å². The summed E-state index contributed by atoms with van der Waals surface area (Å²) < 4.78 is 0. The summed E-state index contributed by atoms with van der Waals surface area (Å²) in [5, 5.41) is 0. The molecule has 0 aromatic heterocycles. The van der Waals surface area contributed by atoms with Gasteiger partial charge >= 0.3 is 0 Å². The van der Waals surface area contributed by atoms with Crippen LogP contribution in [0.25, 0.3) is 0 Å². The summed E-state index contributed by atoms with van der Waals surface area (Å²) in [6.45, 7) is 6.22. The van der Waals surface area contributed by atoms with Crippen molar-refractivity contribution in [1.82, 2.24) is 4.90 Å². The van der Waals surface area contributed by atoms with Gasteiger partial charge in [0.2, 0.25) is 0 Å². The normalized spacial score (nSPS) is 26.0. The SMILES string of the molecule is [CH2]CCCCN1CCCCC1N. The number of hydrogen-bond donors (Lipinski definition) is 1. The van der Waals surface area contributed by atoms with E-state index in [9.17, 15) is 0 Å². The zero-order chi connectivity index (χ0) is 8.81. The van der Waals surface area contributed by atoms with Gasteiger partial charge in [0.25, 0.3) is 0 Å². The van der Waals surface area contributed by atoms with Crippen LogP contribution in [0.2, 0.25) is 0 Å². The van der Waals surface area contributed by atoms with Crippen LogP contribution in [0.4, 0.5) is 0 Å². The molecule has 1 fully saturated rings. The second kappa shape index (κ2) is 5.55. The summed E-state index contributed by atoms with van der Waals surface area (Å²) in [5.41, 5.74) is 5.97. The van der Waals surface area contributed by atoms with Gasteiger partial charge in [0, 0.05) is 0 Å². The molecule has 1 aliphatic heterocycles. The molecule has 0 bridgehead atoms. The number of hydrogen-bond acceptors (Lipinski definition) is 2. The molecule has 0 aliphatic carbocycles. The molecule has 2 heteroatoms. The first-order valence-corrected chi connectivity index (χ1v) is 5.13. The molecule has 1 aliphatic rings. The van der Waals surface area contributed by atoms with Gasteiger partial charge in [0.05, 0.1) is 6.17 Å². The maximum Gasteiger partial charge on any atom is 0.0571 e. The van der Waals surface area contributed by atoms with Crippen molar-refractivity contribution >= 4 is 0 Å². The lowest BCUT2D eigenvalue weighted by molar-refractivity contribution is 0.150. The average molecular weight is 169 g/mol. The molecule has 2 N–H and O–H groups in total. The van der Waals surface area contributed by atoms with Gasteiger partial charge in [-0.15, -0.1) is 0 Å². The van der Waals surface area contributed by atoms with Gasteiger partial charge in [-0.3, -0.25) is 4.90 Å². The Labute approximate surface area is 76.1 Å². The third kappa shape index (κ3) is 3.11. The summed E-state index contributed by atoms with van der Waals surface area (Å²) in [4.78, 5) is 2.42. The molecular formula is C10H21N2. The van der Waals surface area contributed by atoms with E-state index in [2.05, 4.69) is 11.8 Å². The van der Waals surface area contributed by atoms with Crippen molar-refractivity contribution < 1.29 is 0 Å². The minimum atomic E-state index is 0.337. The lowest BCUT2D eigenvalue weighted by Gasteiger charge is -2.32. The highest BCUT2D eigenvalue weighted by Crippen LogP contribution is 2.13. The van der Waals surface area contributed by atoms with Crippen LogP contribution in [0.3, 0.4) is 0 Å². The highest BCUT2D eigenvalue weighted by Gasteiger charge is 2.17. The van der Waals surface area contributed by atoms with E-state index in [0.717, 1.165) is 6.42 Å². The Kier molecular flexibility index (Phi) is 4.62. The Morgan fingerprint density at radius 2 is 2.17 bits per heavy atom. The molecule has 0 aromatic carbocycles. The maximum absolute atomic E-state index is 5.97. The van der Waals surface area contributed by atoms with Gasteiger partial charge in [-0.25, -0.2) is 0 Å². The molecule has 1 heterocycles. The highest BCUT2D eigenvalue weighted by atomic mass is 15.2. The maximum atomic E-state index is 5.97. The van der Waals surface area contributed by atoms with E-state index in [0.29, 0.717) is 6.17 Å². The largest absolute Gasteiger partial charge is 0.316 e. The molecule has 1 atom stereocenters. The Balaban J connectivity index is 2.11. The third-order valence-corrected chi connectivity index (χ3v) is 2.61. The van der Waals surface area contributed by atoms with Crippen molar-refractivity contribution in [3.05, 3.63) is 6.92 Å². The third-order valence-electron chi connectivity index (χ3n) is 2.61. The van der Waals surface area contributed by atoms with Crippen LogP contribution >= 0.6 is 0 Å². The lowest BCUT2D eigenvalue weighted by atomic mass is 10.1. The zero-order valence-corrected chi connectivity index (χ0v) is 7.97. The van der Waals surface area contributed by atoms with Crippen molar-refractivity contribution in [3.63, 3.8) is 0 Å². The standard InChI is InChI=1S/C10H21N2/c1-2-3-5-8-12-9-6-4-7-10(12)11/h10H,1-9,11H2. The van der Waals surface area contributed by atoms with E-state index in [1.807, 2.05) is 0 Å². The lowest BCUT2D eigenvalue weighted by Crippen LogP contribution is -2.45. The molecule has 1 radical (unpaired) electrons. The van der Waals surface area contributed by atoms with Crippen LogP contribution in [0, 0.1) is 6.92 Å². The first kappa shape index (κ1) is 10.0. The number of nitrogens with two attached hydrogens (primary N) is 1. The zero-order valence-electron chi connectivity index (χ0n) is 7.97. The molecular weight excluding hydrogens is 148 g/mol. The Hall–Kier alpha value is -0.0800. The van der Waals surface area contributed by atoms with Crippen LogP contribution < -0.4 is 5.73 Å². The smallest absolute Gasteiger partial charge is 0.0571 e. The Bertz CT molecular complexity index is 114. The van der Waals surface area contributed by atoms with Gasteiger partial charge in [-0.2, -0.15) is 0 Å². The fraction of sp³-hybridized carbons (Fsp3) is 0.900. The van der Waals surface area contributed by atoms with E-state index in [1.165, 1.54) is 45.2 Å². The Morgan fingerprint density at radius 3 is 2.83 bits per heavy atom. The summed E-state index contributed by atoms with van der Waals surface area (Å²) in [5.74, 6) is 0. The molecule has 0 spiro atoms. The summed E-state index contributed by atoms with van der Waals surface area (Å²) in [7, 11) is 0. The van der Waals surface area contributed by atoms with Crippen LogP contribution in [-0.4, -0.2) is 24.2 Å². The van der Waals surface area contributed by atoms with Gasteiger partial charge in [0.15, 0.2) is 0 Å². The topological polar surface area (TPSA) is 29.3 Å². The van der Waals surface area contributed by atoms with E-state index in [1.54, 1.807) is 0 Å². The minimum Gasteiger partial charge on any atom is -0.316 e. The molecule has 1 unspecified atom stereocenters. The van der Waals surface area contributed by atoms with E-state index in [4.69, 9.17) is 5.73 Å². The van der Waals surface area contributed by atoms with Crippen LogP contribution in [-0.2, 0) is 0 Å². The quantitative estimate of drug-likeness (QED) is 0.650. The van der Waals surface area contributed by atoms with Gasteiger partial charge in [-0.05, 0) is 38.8 Å². The molecule has 12 heavy (non-hydrogen) atoms. The van der Waals surface area contributed by atoms with Crippen LogP contribution in [0.5, 0.6) is 0 Å². The molecule has 0 saturated carbocycles. The molecule has 1 rings (SSSR count).